The predicted octanol–water partition coefficient (Wildman–Crippen LogP) is -9.41. The number of nitrogens with one attached hydrogen (secondary N) is 1. The van der Waals surface area contributed by atoms with Crippen molar-refractivity contribution in [3.63, 3.8) is 0 Å². The van der Waals surface area contributed by atoms with Crippen molar-refractivity contribution < 1.29 is 92.9 Å². The van der Waals surface area contributed by atoms with Crippen molar-refractivity contribution in [2.45, 2.75) is 24.5 Å². The fourth-order valence-corrected chi connectivity index (χ4v) is 2.64. The third kappa shape index (κ3) is 4.99. The molecule has 1 aliphatic heterocycles. The Kier molecular flexibility index (Phi) is 8.44. The molecule has 12 nitrogen and oxygen atoms in total. The van der Waals surface area contributed by atoms with Gasteiger partial charge < -0.3 is 38.8 Å². The monoisotopic (exact) mass is 392 g/mol. The Balaban J connectivity index is 0.00000156. The molecule has 3 rings (SSSR count). The van der Waals surface area contributed by atoms with Crippen LogP contribution in [0.1, 0.15) is 6.23 Å². The summed E-state index contributed by atoms with van der Waals surface area (Å²) < 4.78 is 21.1. The second kappa shape index (κ2) is 9.02. The first-order chi connectivity index (χ1) is 10.8. The molecule has 25 heavy (non-hydrogen) atoms. The predicted molar refractivity (Wildman–Crippen MR) is 67.6 cm³/mol. The smallest absolute Gasteiger partial charge is 0.790 e. The van der Waals surface area contributed by atoms with Gasteiger partial charge in [0.05, 0.1) is 27.1 Å². The van der Waals surface area contributed by atoms with Gasteiger partial charge in [-0.3, -0.25) is 9.36 Å². The number of H-pyrrole nitrogens is 1. The van der Waals surface area contributed by atoms with E-state index in [4.69, 9.17) is 4.74 Å². The fourth-order valence-electron chi connectivity index (χ4n) is 2.31. The van der Waals surface area contributed by atoms with Gasteiger partial charge in [0, 0.05) is 0 Å². The number of fused-ring (bicyclic) bond motifs is 1. The molecule has 0 amide bonds. The first-order valence-electron chi connectivity index (χ1n) is 6.36. The van der Waals surface area contributed by atoms with E-state index in [-0.39, 0.29) is 70.3 Å². The summed E-state index contributed by atoms with van der Waals surface area (Å²) >= 11 is 0. The van der Waals surface area contributed by atoms with E-state index < -0.39 is 44.5 Å². The quantitative estimate of drug-likeness (QED) is 0.333. The number of hydrogen-bond acceptors (Lipinski definition) is 10. The summed E-state index contributed by atoms with van der Waals surface area (Å²) in [5, 5.41) is 19.9. The number of nitrogens with zero attached hydrogens (tertiary/aromatic N) is 3. The van der Waals surface area contributed by atoms with Crippen molar-refractivity contribution in [2.75, 3.05) is 6.61 Å². The number of rotatable bonds is 4. The molecule has 2 aromatic heterocycles. The van der Waals surface area contributed by atoms with Crippen molar-refractivity contribution in [1.29, 1.82) is 0 Å². The van der Waals surface area contributed by atoms with Gasteiger partial charge in [0.15, 0.2) is 17.4 Å². The second-order valence-corrected chi connectivity index (χ2v) is 6.00. The van der Waals surface area contributed by atoms with Crippen LogP contribution in [0.15, 0.2) is 17.4 Å². The topological polar surface area (TPSA) is 186 Å². The van der Waals surface area contributed by atoms with Gasteiger partial charge >= 0.3 is 59.1 Å². The maximum Gasteiger partial charge on any atom is 1.00 e. The normalized spacial score (nSPS) is 26.2. The van der Waals surface area contributed by atoms with Crippen LogP contribution < -0.4 is 74.5 Å². The Labute approximate surface area is 184 Å². The van der Waals surface area contributed by atoms with Crippen LogP contribution in [0.2, 0.25) is 0 Å². The zero-order valence-electron chi connectivity index (χ0n) is 13.3. The number of hydrogen-bond donors (Lipinski definition) is 3. The fraction of sp³-hybridized carbons (Fsp3) is 0.500. The third-order valence-electron chi connectivity index (χ3n) is 3.37. The van der Waals surface area contributed by atoms with Crippen LogP contribution in [0.25, 0.3) is 11.2 Å². The number of imidazole rings is 1. The van der Waals surface area contributed by atoms with E-state index in [1.807, 2.05) is 0 Å². The van der Waals surface area contributed by atoms with Gasteiger partial charge in [-0.15, -0.1) is 0 Å². The zero-order valence-corrected chi connectivity index (χ0v) is 18.2. The molecule has 126 valence electrons. The largest absolute Gasteiger partial charge is 1.00 e. The van der Waals surface area contributed by atoms with E-state index in [0.717, 1.165) is 6.33 Å². The standard InChI is InChI=1S/C10H13N4O8P.2Na/c15-6-4(1-21-23(18,19)20)22-10(7(6)16)14-3-13-5-8(14)11-2-12-9(5)17;;/h2-4,6-7,10,15-16H,1H2,(H,11,12,17)(H2,18,19,20);;/q;2*+1/p-2/t4-,6+,7?,10-;;/m1../s1. The molecule has 1 fully saturated rings. The number of phosphoric ester groups is 1. The van der Waals surface area contributed by atoms with Crippen LogP contribution in [0.4, 0.5) is 0 Å². The molecule has 0 radical (unpaired) electrons. The number of aliphatic hydroxyl groups is 2. The molecule has 0 bridgehead atoms. The molecule has 3 heterocycles. The van der Waals surface area contributed by atoms with Crippen molar-refractivity contribution >= 4 is 19.0 Å². The van der Waals surface area contributed by atoms with Crippen LogP contribution in [0.3, 0.4) is 0 Å². The van der Waals surface area contributed by atoms with Crippen LogP contribution in [-0.2, 0) is 13.8 Å². The minimum absolute atomic E-state index is 0. The molecule has 1 aliphatic rings. The van der Waals surface area contributed by atoms with Gasteiger partial charge in [0.1, 0.15) is 18.3 Å². The first-order valence-corrected chi connectivity index (χ1v) is 7.82. The molecule has 0 saturated carbocycles. The maximum absolute atomic E-state index is 11.6. The summed E-state index contributed by atoms with van der Waals surface area (Å²) in [6.45, 7) is -0.750. The van der Waals surface area contributed by atoms with Crippen LogP contribution in [0, 0.1) is 0 Å². The van der Waals surface area contributed by atoms with E-state index in [9.17, 15) is 29.4 Å². The Hall–Kier alpha value is 0.340. The molecule has 3 N–H and O–H groups in total. The third-order valence-corrected chi connectivity index (χ3v) is 3.84. The van der Waals surface area contributed by atoms with Gasteiger partial charge in [0.2, 0.25) is 0 Å². The van der Waals surface area contributed by atoms with Crippen molar-refractivity contribution in [2.24, 2.45) is 0 Å². The molecule has 2 aromatic rings. The van der Waals surface area contributed by atoms with Crippen LogP contribution in [0.5, 0.6) is 0 Å². The van der Waals surface area contributed by atoms with Crippen LogP contribution >= 0.6 is 7.82 Å². The van der Waals surface area contributed by atoms with E-state index >= 15 is 0 Å². The Morgan fingerprint density at radius 1 is 1.32 bits per heavy atom. The van der Waals surface area contributed by atoms with Crippen LogP contribution in [-0.4, -0.2) is 54.7 Å². The maximum atomic E-state index is 11.6. The van der Waals surface area contributed by atoms with Crippen molar-refractivity contribution in [3.05, 3.63) is 23.0 Å². The molecule has 4 atom stereocenters. The summed E-state index contributed by atoms with van der Waals surface area (Å²) in [7, 11) is -5.24. The molecular weight excluding hydrogens is 381 g/mol. The van der Waals surface area contributed by atoms with Crippen molar-refractivity contribution in [3.8, 4) is 0 Å². The molecule has 0 aromatic carbocycles. The Morgan fingerprint density at radius 2 is 2.00 bits per heavy atom. The minimum Gasteiger partial charge on any atom is -0.790 e. The summed E-state index contributed by atoms with van der Waals surface area (Å²) in [5.74, 6) is 0. The summed E-state index contributed by atoms with van der Waals surface area (Å²) in [6.07, 6.45) is -3.11. The average Bonchev–Trinajstić information content (AvgIpc) is 3.01. The van der Waals surface area contributed by atoms with Gasteiger partial charge in [-0.1, -0.05) is 0 Å². The van der Waals surface area contributed by atoms with E-state index in [1.54, 1.807) is 0 Å². The van der Waals surface area contributed by atoms with Gasteiger partial charge in [-0.05, 0) is 0 Å². The molecular formula is C10H11N4Na2O8P. The van der Waals surface area contributed by atoms with E-state index in [0.29, 0.717) is 0 Å². The molecule has 0 aliphatic carbocycles. The average molecular weight is 392 g/mol. The minimum atomic E-state index is -5.24. The number of phosphoric acid groups is 1. The van der Waals surface area contributed by atoms with E-state index in [1.165, 1.54) is 10.9 Å². The van der Waals surface area contributed by atoms with Gasteiger partial charge in [-0.25, -0.2) is 9.97 Å². The van der Waals surface area contributed by atoms with E-state index in [2.05, 4.69) is 19.5 Å². The van der Waals surface area contributed by atoms with Gasteiger partial charge in [0.25, 0.3) is 5.56 Å². The second-order valence-electron chi connectivity index (χ2n) is 4.84. The molecule has 0 spiro atoms. The summed E-state index contributed by atoms with van der Waals surface area (Å²) in [5.41, 5.74) is -0.397. The number of aromatic amines is 1. The number of ether oxygens (including phenoxy) is 1. The Bertz CT molecular complexity index is 825. The van der Waals surface area contributed by atoms with Crippen molar-refractivity contribution in [1.82, 2.24) is 19.5 Å². The summed E-state index contributed by atoms with van der Waals surface area (Å²) in [4.78, 5) is 42.6. The molecule has 15 heteroatoms. The molecule has 1 saturated heterocycles. The zero-order chi connectivity index (χ0) is 16.8. The molecule has 1 unspecified atom stereocenters. The number of aliphatic hydroxyl groups excluding tert-OH is 2. The summed E-state index contributed by atoms with van der Waals surface area (Å²) in [6, 6.07) is 0. The number of aromatic nitrogens is 4. The first kappa shape index (κ1) is 23.4. The Morgan fingerprint density at radius 3 is 2.64 bits per heavy atom. The van der Waals surface area contributed by atoms with Gasteiger partial charge in [-0.2, -0.15) is 0 Å². The SMILES string of the molecule is O=c1[nH]cnc2c1ncn2[C@@H]1O[C@H](COP(=O)([O-])[O-])[C@H](O)C1O.[Na+].[Na+].